The molecule has 0 atom stereocenters. The van der Waals surface area contributed by atoms with Crippen LogP contribution in [0.5, 0.6) is 5.75 Å². The highest BCUT2D eigenvalue weighted by Crippen LogP contribution is 2.21. The molecule has 1 amide bonds. The largest absolute Gasteiger partial charge is 0.505 e. The second-order valence-electron chi connectivity index (χ2n) is 3.18. The minimum absolute atomic E-state index is 0.0174. The summed E-state index contributed by atoms with van der Waals surface area (Å²) in [6, 6.07) is 4.60. The van der Waals surface area contributed by atoms with E-state index >= 15 is 0 Å². The highest BCUT2D eigenvalue weighted by molar-refractivity contribution is 9.10. The van der Waals surface area contributed by atoms with Crippen LogP contribution in [-0.4, -0.2) is 21.0 Å². The van der Waals surface area contributed by atoms with E-state index < -0.39 is 5.91 Å². The fourth-order valence-electron chi connectivity index (χ4n) is 1.23. The molecule has 0 saturated carbocycles. The lowest BCUT2D eigenvalue weighted by atomic mass is 10.3. The van der Waals surface area contributed by atoms with E-state index in [9.17, 15) is 9.90 Å². The minimum atomic E-state index is -0.477. The van der Waals surface area contributed by atoms with Crippen LogP contribution in [0.3, 0.4) is 0 Å². The average molecular weight is 294 g/mol. The third kappa shape index (κ3) is 2.59. The van der Waals surface area contributed by atoms with Gasteiger partial charge < -0.3 is 10.4 Å². The van der Waals surface area contributed by atoms with Gasteiger partial charge in [0.15, 0.2) is 5.69 Å². The molecule has 0 spiro atoms. The smallest absolute Gasteiger partial charge is 0.278 e. The molecule has 2 rings (SSSR count). The maximum atomic E-state index is 11.8. The third-order valence-corrected chi connectivity index (χ3v) is 2.65. The van der Waals surface area contributed by atoms with Crippen LogP contribution in [0.4, 0.5) is 5.69 Å². The number of carbonyl (C=O) groups excluding carboxylic acids is 1. The first-order chi connectivity index (χ1) is 8.18. The standard InChI is InChI=1S/C11H8BrN3O2/c12-7-6-13-5-3-8(7)15-11(17)10-9(16)2-1-4-14-10/h1-6,16H,(H,13,15,17). The topological polar surface area (TPSA) is 75.1 Å². The molecule has 17 heavy (non-hydrogen) atoms. The maximum absolute atomic E-state index is 11.8. The molecule has 2 aromatic rings. The second kappa shape index (κ2) is 4.92. The lowest BCUT2D eigenvalue weighted by Gasteiger charge is -2.06. The van der Waals surface area contributed by atoms with Gasteiger partial charge in [-0.15, -0.1) is 0 Å². The van der Waals surface area contributed by atoms with Gasteiger partial charge in [-0.2, -0.15) is 0 Å². The molecule has 0 aromatic carbocycles. The number of amides is 1. The fraction of sp³-hybridized carbons (Fsp3) is 0. The molecular formula is C11H8BrN3O2. The summed E-state index contributed by atoms with van der Waals surface area (Å²) in [6.07, 6.45) is 4.56. The molecule has 0 aliphatic carbocycles. The summed E-state index contributed by atoms with van der Waals surface area (Å²) in [4.78, 5) is 19.5. The van der Waals surface area contributed by atoms with E-state index in [-0.39, 0.29) is 11.4 Å². The number of nitrogens with zero attached hydrogens (tertiary/aromatic N) is 2. The van der Waals surface area contributed by atoms with Crippen LogP contribution < -0.4 is 5.32 Å². The first-order valence-corrected chi connectivity index (χ1v) is 5.52. The van der Waals surface area contributed by atoms with Gasteiger partial charge in [-0.1, -0.05) is 0 Å². The Balaban J connectivity index is 2.24. The summed E-state index contributed by atoms with van der Waals surface area (Å²) in [5.41, 5.74) is 0.547. The predicted molar refractivity (Wildman–Crippen MR) is 65.8 cm³/mol. The molecule has 0 unspecified atom stereocenters. The van der Waals surface area contributed by atoms with Crippen LogP contribution in [-0.2, 0) is 0 Å². The van der Waals surface area contributed by atoms with E-state index in [1.807, 2.05) is 0 Å². The van der Waals surface area contributed by atoms with Crippen molar-refractivity contribution in [3.63, 3.8) is 0 Å². The Morgan fingerprint density at radius 3 is 2.88 bits per heavy atom. The molecule has 5 nitrogen and oxygen atoms in total. The van der Waals surface area contributed by atoms with E-state index in [0.29, 0.717) is 10.2 Å². The van der Waals surface area contributed by atoms with Crippen molar-refractivity contribution >= 4 is 27.5 Å². The Bertz CT molecular complexity index is 560. The SMILES string of the molecule is O=C(Nc1ccncc1Br)c1ncccc1O. The Labute approximate surface area is 106 Å². The summed E-state index contributed by atoms with van der Waals surface area (Å²) < 4.78 is 0.656. The van der Waals surface area contributed by atoms with Crippen LogP contribution in [0.15, 0.2) is 41.3 Å². The highest BCUT2D eigenvalue weighted by atomic mass is 79.9. The fourth-order valence-corrected chi connectivity index (χ4v) is 1.58. The first-order valence-electron chi connectivity index (χ1n) is 4.73. The number of aromatic hydroxyl groups is 1. The number of pyridine rings is 2. The zero-order valence-corrected chi connectivity index (χ0v) is 10.2. The van der Waals surface area contributed by atoms with E-state index in [2.05, 4.69) is 31.2 Å². The molecule has 2 aromatic heterocycles. The normalized spacial score (nSPS) is 9.94. The van der Waals surface area contributed by atoms with E-state index in [4.69, 9.17) is 0 Å². The number of hydrogen-bond donors (Lipinski definition) is 2. The summed E-state index contributed by atoms with van der Waals surface area (Å²) >= 11 is 3.26. The van der Waals surface area contributed by atoms with Crippen molar-refractivity contribution in [1.82, 2.24) is 9.97 Å². The van der Waals surface area contributed by atoms with Gasteiger partial charge in [0.05, 0.1) is 10.2 Å². The number of hydrogen-bond acceptors (Lipinski definition) is 4. The van der Waals surface area contributed by atoms with Crippen LogP contribution in [0.2, 0.25) is 0 Å². The van der Waals surface area contributed by atoms with Crippen molar-refractivity contribution in [2.75, 3.05) is 5.32 Å². The Morgan fingerprint density at radius 1 is 1.35 bits per heavy atom. The minimum Gasteiger partial charge on any atom is -0.505 e. The molecule has 2 N–H and O–H groups in total. The molecule has 86 valence electrons. The molecule has 0 saturated heterocycles. The number of nitrogens with one attached hydrogen (secondary N) is 1. The van der Waals surface area contributed by atoms with Gasteiger partial charge in [-0.05, 0) is 34.1 Å². The summed E-state index contributed by atoms with van der Waals surface area (Å²) in [5.74, 6) is -0.634. The van der Waals surface area contributed by atoms with Gasteiger partial charge in [-0.3, -0.25) is 9.78 Å². The summed E-state index contributed by atoms with van der Waals surface area (Å²) in [6.45, 7) is 0. The molecule has 0 bridgehead atoms. The van der Waals surface area contributed by atoms with E-state index in [0.717, 1.165) is 0 Å². The second-order valence-corrected chi connectivity index (χ2v) is 4.04. The van der Waals surface area contributed by atoms with Crippen LogP contribution >= 0.6 is 15.9 Å². The quantitative estimate of drug-likeness (QED) is 0.890. The van der Waals surface area contributed by atoms with E-state index in [1.54, 1.807) is 24.5 Å². The van der Waals surface area contributed by atoms with Gasteiger partial charge in [0, 0.05) is 18.6 Å². The monoisotopic (exact) mass is 293 g/mol. The molecule has 0 aliphatic rings. The van der Waals surface area contributed by atoms with E-state index in [1.165, 1.54) is 12.3 Å². The maximum Gasteiger partial charge on any atom is 0.278 e. The molecule has 0 aliphatic heterocycles. The van der Waals surface area contributed by atoms with Gasteiger partial charge >= 0.3 is 0 Å². The van der Waals surface area contributed by atoms with Crippen LogP contribution in [0, 0.1) is 0 Å². The van der Waals surface area contributed by atoms with Crippen molar-refractivity contribution in [2.24, 2.45) is 0 Å². The number of anilines is 1. The number of rotatable bonds is 2. The van der Waals surface area contributed by atoms with Crippen molar-refractivity contribution in [3.8, 4) is 5.75 Å². The molecule has 6 heteroatoms. The predicted octanol–water partition coefficient (Wildman–Crippen LogP) is 2.20. The summed E-state index contributed by atoms with van der Waals surface area (Å²) in [7, 11) is 0. The van der Waals surface area contributed by atoms with Crippen molar-refractivity contribution in [2.45, 2.75) is 0 Å². The van der Waals surface area contributed by atoms with Gasteiger partial charge in [0.2, 0.25) is 0 Å². The van der Waals surface area contributed by atoms with Crippen LogP contribution in [0.1, 0.15) is 10.5 Å². The van der Waals surface area contributed by atoms with Gasteiger partial charge in [0.1, 0.15) is 5.75 Å². The van der Waals surface area contributed by atoms with Crippen molar-refractivity contribution in [3.05, 3.63) is 47.0 Å². The number of aromatic nitrogens is 2. The zero-order valence-electron chi connectivity index (χ0n) is 8.59. The lowest BCUT2D eigenvalue weighted by molar-refractivity contribution is 0.101. The average Bonchev–Trinajstić information content (AvgIpc) is 2.32. The Kier molecular flexibility index (Phi) is 3.34. The number of halogens is 1. The molecule has 0 fully saturated rings. The molecule has 0 radical (unpaired) electrons. The van der Waals surface area contributed by atoms with Crippen molar-refractivity contribution < 1.29 is 9.90 Å². The Hall–Kier alpha value is -1.95. The third-order valence-electron chi connectivity index (χ3n) is 2.02. The van der Waals surface area contributed by atoms with Gasteiger partial charge in [-0.25, -0.2) is 4.98 Å². The molecule has 2 heterocycles. The van der Waals surface area contributed by atoms with Gasteiger partial charge in [0.25, 0.3) is 5.91 Å². The lowest BCUT2D eigenvalue weighted by Crippen LogP contribution is -2.14. The molecular weight excluding hydrogens is 286 g/mol. The summed E-state index contributed by atoms with van der Waals surface area (Å²) in [5, 5.41) is 12.1. The zero-order chi connectivity index (χ0) is 12.3. The van der Waals surface area contributed by atoms with Crippen LogP contribution in [0.25, 0.3) is 0 Å². The first kappa shape index (κ1) is 11.5. The Morgan fingerprint density at radius 2 is 2.18 bits per heavy atom. The number of carbonyl (C=O) groups is 1. The van der Waals surface area contributed by atoms with Crippen molar-refractivity contribution in [1.29, 1.82) is 0 Å². The highest BCUT2D eigenvalue weighted by Gasteiger charge is 2.13.